The number of aryl methyl sites for hydroxylation is 1. The predicted octanol–water partition coefficient (Wildman–Crippen LogP) is 2.08. The summed E-state index contributed by atoms with van der Waals surface area (Å²) in [4.78, 5) is 41.8. The highest BCUT2D eigenvalue weighted by atomic mass is 16.6. The number of carbonyl (C=O) groups excluding carboxylic acids is 1. The molecule has 2 heterocycles. The van der Waals surface area contributed by atoms with E-state index in [1.165, 1.54) is 10.9 Å². The summed E-state index contributed by atoms with van der Waals surface area (Å²) in [5.41, 5.74) is -1.04. The van der Waals surface area contributed by atoms with Crippen molar-refractivity contribution in [2.45, 2.75) is 58.6 Å². The molecule has 2 rings (SSSR count). The highest BCUT2D eigenvalue weighted by Crippen LogP contribution is 2.28. The van der Waals surface area contributed by atoms with E-state index in [1.807, 2.05) is 20.8 Å². The first-order chi connectivity index (χ1) is 11.6. The van der Waals surface area contributed by atoms with Gasteiger partial charge < -0.3 is 14.7 Å². The number of likely N-dealkylation sites (tertiary alicyclic amines) is 1. The van der Waals surface area contributed by atoms with Crippen molar-refractivity contribution in [3.63, 3.8) is 0 Å². The fourth-order valence-corrected chi connectivity index (χ4v) is 2.90. The van der Waals surface area contributed by atoms with E-state index < -0.39 is 17.1 Å². The fraction of sp³-hybridized carbons (Fsp3) is 0.647. The van der Waals surface area contributed by atoms with Gasteiger partial charge in [0.05, 0.1) is 12.0 Å². The minimum atomic E-state index is -1.26. The van der Waals surface area contributed by atoms with E-state index in [4.69, 9.17) is 4.74 Å². The lowest BCUT2D eigenvalue weighted by Gasteiger charge is -2.33. The van der Waals surface area contributed by atoms with Crippen LogP contribution in [0.25, 0.3) is 0 Å². The molecule has 1 aromatic rings. The molecule has 0 aromatic carbocycles. The molecular weight excluding hydrogens is 326 g/mol. The molecule has 138 valence electrons. The molecule has 1 amide bonds. The van der Waals surface area contributed by atoms with E-state index in [9.17, 15) is 19.5 Å². The van der Waals surface area contributed by atoms with Crippen molar-refractivity contribution in [1.29, 1.82) is 0 Å². The number of ether oxygens (including phenoxy) is 1. The van der Waals surface area contributed by atoms with Gasteiger partial charge in [0.25, 0.3) is 5.56 Å². The second-order valence-corrected chi connectivity index (χ2v) is 7.14. The first-order valence-corrected chi connectivity index (χ1v) is 8.44. The van der Waals surface area contributed by atoms with Gasteiger partial charge >= 0.3 is 12.1 Å². The van der Waals surface area contributed by atoms with E-state index in [2.05, 4.69) is 4.98 Å². The van der Waals surface area contributed by atoms with Crippen LogP contribution in [0.1, 0.15) is 62.5 Å². The number of aromatic carboxylic acids is 1. The third-order valence-electron chi connectivity index (χ3n) is 4.15. The van der Waals surface area contributed by atoms with Crippen molar-refractivity contribution in [3.8, 4) is 0 Å². The Labute approximate surface area is 146 Å². The predicted molar refractivity (Wildman–Crippen MR) is 90.9 cm³/mol. The van der Waals surface area contributed by atoms with Crippen LogP contribution in [0.2, 0.25) is 0 Å². The molecule has 0 spiro atoms. The first-order valence-electron chi connectivity index (χ1n) is 8.44. The summed E-state index contributed by atoms with van der Waals surface area (Å²) >= 11 is 0. The molecule has 1 aliphatic heterocycles. The number of carboxylic acids is 1. The molecule has 1 aliphatic rings. The summed E-state index contributed by atoms with van der Waals surface area (Å²) in [5.74, 6) is -1.42. The lowest BCUT2D eigenvalue weighted by Crippen LogP contribution is -2.42. The first kappa shape index (κ1) is 19.0. The summed E-state index contributed by atoms with van der Waals surface area (Å²) < 4.78 is 6.63. The van der Waals surface area contributed by atoms with Crippen LogP contribution in [0.5, 0.6) is 0 Å². The Morgan fingerprint density at radius 2 is 1.92 bits per heavy atom. The highest BCUT2D eigenvalue weighted by molar-refractivity contribution is 5.88. The SMILES string of the molecule is CCn1cnc(C2CCN(C(=O)OC(C)(C)C)CC2)c(C(=O)O)c1=O. The molecule has 0 atom stereocenters. The fourth-order valence-electron chi connectivity index (χ4n) is 2.90. The molecule has 0 bridgehead atoms. The molecule has 0 aliphatic carbocycles. The standard InChI is InChI=1S/C17H25N3O5/c1-5-19-10-18-13(12(14(19)21)15(22)23)11-6-8-20(9-7-11)16(24)25-17(2,3)4/h10-11H,5-9H2,1-4H3,(H,22,23). The average molecular weight is 351 g/mol. The Kier molecular flexibility index (Phi) is 5.49. The van der Waals surface area contributed by atoms with Gasteiger partial charge in [-0.2, -0.15) is 0 Å². The minimum absolute atomic E-state index is 0.163. The van der Waals surface area contributed by atoms with Crippen LogP contribution < -0.4 is 5.56 Å². The maximum Gasteiger partial charge on any atom is 0.410 e. The van der Waals surface area contributed by atoms with E-state index in [0.717, 1.165) is 0 Å². The summed E-state index contributed by atoms with van der Waals surface area (Å²) in [6.07, 6.45) is 2.10. The maximum atomic E-state index is 12.3. The van der Waals surface area contributed by atoms with Gasteiger partial charge in [0.2, 0.25) is 0 Å². The summed E-state index contributed by atoms with van der Waals surface area (Å²) in [7, 11) is 0. The Balaban J connectivity index is 2.16. The smallest absolute Gasteiger partial charge is 0.410 e. The molecule has 1 N–H and O–H groups in total. The molecule has 0 unspecified atom stereocenters. The Morgan fingerprint density at radius 3 is 2.40 bits per heavy atom. The Hall–Kier alpha value is -2.38. The highest BCUT2D eigenvalue weighted by Gasteiger charge is 2.31. The summed E-state index contributed by atoms with van der Waals surface area (Å²) in [6.45, 7) is 8.43. The van der Waals surface area contributed by atoms with Crippen LogP contribution in [-0.2, 0) is 11.3 Å². The number of rotatable bonds is 3. The lowest BCUT2D eigenvalue weighted by molar-refractivity contribution is 0.0202. The Morgan fingerprint density at radius 1 is 1.32 bits per heavy atom. The Bertz CT molecular complexity index is 712. The van der Waals surface area contributed by atoms with Crippen LogP contribution in [-0.4, -0.2) is 50.3 Å². The molecule has 1 aromatic heterocycles. The van der Waals surface area contributed by atoms with Crippen molar-refractivity contribution in [2.75, 3.05) is 13.1 Å². The average Bonchev–Trinajstić information content (AvgIpc) is 2.52. The van der Waals surface area contributed by atoms with Crippen molar-refractivity contribution < 1.29 is 19.4 Å². The van der Waals surface area contributed by atoms with Gasteiger partial charge in [0.1, 0.15) is 11.2 Å². The third-order valence-corrected chi connectivity index (χ3v) is 4.15. The normalized spacial score (nSPS) is 15.9. The molecule has 0 saturated carbocycles. The molecule has 25 heavy (non-hydrogen) atoms. The largest absolute Gasteiger partial charge is 0.477 e. The number of hydrogen-bond acceptors (Lipinski definition) is 5. The lowest BCUT2D eigenvalue weighted by atomic mass is 9.91. The van der Waals surface area contributed by atoms with Gasteiger partial charge in [0.15, 0.2) is 0 Å². The van der Waals surface area contributed by atoms with E-state index in [-0.39, 0.29) is 17.6 Å². The number of nitrogens with zero attached hydrogens (tertiary/aromatic N) is 3. The summed E-state index contributed by atoms with van der Waals surface area (Å²) in [5, 5.41) is 9.43. The van der Waals surface area contributed by atoms with Crippen molar-refractivity contribution in [3.05, 3.63) is 27.9 Å². The zero-order valence-corrected chi connectivity index (χ0v) is 15.1. The van der Waals surface area contributed by atoms with Crippen molar-refractivity contribution >= 4 is 12.1 Å². The van der Waals surface area contributed by atoms with Crippen molar-refractivity contribution in [1.82, 2.24) is 14.5 Å². The van der Waals surface area contributed by atoms with Gasteiger partial charge in [-0.3, -0.25) is 9.36 Å². The number of amides is 1. The van der Waals surface area contributed by atoms with Crippen LogP contribution in [0.3, 0.4) is 0 Å². The molecular formula is C17H25N3O5. The number of carbonyl (C=O) groups is 2. The van der Waals surface area contributed by atoms with Crippen LogP contribution >= 0.6 is 0 Å². The van der Waals surface area contributed by atoms with Crippen molar-refractivity contribution in [2.24, 2.45) is 0 Å². The molecule has 8 heteroatoms. The van der Waals surface area contributed by atoms with Gasteiger partial charge in [-0.1, -0.05) is 0 Å². The van der Waals surface area contributed by atoms with Crippen LogP contribution in [0.4, 0.5) is 4.79 Å². The number of aromatic nitrogens is 2. The van der Waals surface area contributed by atoms with Gasteiger partial charge in [-0.05, 0) is 40.5 Å². The number of hydrogen-bond donors (Lipinski definition) is 1. The van der Waals surface area contributed by atoms with Crippen LogP contribution in [0, 0.1) is 0 Å². The number of carboxylic acid groups (broad SMARTS) is 1. The molecule has 1 saturated heterocycles. The van der Waals surface area contributed by atoms with Gasteiger partial charge in [-0.15, -0.1) is 0 Å². The van der Waals surface area contributed by atoms with E-state index in [1.54, 1.807) is 11.8 Å². The van der Waals surface area contributed by atoms with E-state index >= 15 is 0 Å². The quantitative estimate of drug-likeness (QED) is 0.894. The monoisotopic (exact) mass is 351 g/mol. The van der Waals surface area contributed by atoms with Crippen LogP contribution in [0.15, 0.2) is 11.1 Å². The zero-order valence-electron chi connectivity index (χ0n) is 15.1. The zero-order chi connectivity index (χ0) is 18.8. The molecule has 0 radical (unpaired) electrons. The molecule has 8 nitrogen and oxygen atoms in total. The van der Waals surface area contributed by atoms with Gasteiger partial charge in [0, 0.05) is 25.6 Å². The second kappa shape index (κ2) is 7.25. The summed E-state index contributed by atoms with van der Waals surface area (Å²) in [6, 6.07) is 0. The minimum Gasteiger partial charge on any atom is -0.477 e. The third kappa shape index (κ3) is 4.37. The second-order valence-electron chi connectivity index (χ2n) is 7.14. The van der Waals surface area contributed by atoms with E-state index in [0.29, 0.717) is 38.2 Å². The maximum absolute atomic E-state index is 12.3. The molecule has 1 fully saturated rings. The topological polar surface area (TPSA) is 102 Å². The van der Waals surface area contributed by atoms with Gasteiger partial charge in [-0.25, -0.2) is 14.6 Å². The number of piperidine rings is 1.